The molecule has 0 aromatic rings. The number of rotatable bonds is 6. The van der Waals surface area contributed by atoms with E-state index in [2.05, 4.69) is 5.32 Å². The molecule has 0 aromatic heterocycles. The van der Waals surface area contributed by atoms with Gasteiger partial charge >= 0.3 is 31.6 Å². The van der Waals surface area contributed by atoms with Crippen molar-refractivity contribution in [2.45, 2.75) is 24.4 Å². The first-order valence-corrected chi connectivity index (χ1v) is 8.04. The molecule has 9 nitrogen and oxygen atoms in total. The van der Waals surface area contributed by atoms with Gasteiger partial charge in [-0.3, -0.25) is 0 Å². The molecule has 0 aliphatic carbocycles. The van der Waals surface area contributed by atoms with Gasteiger partial charge in [0, 0.05) is 6.54 Å². The van der Waals surface area contributed by atoms with E-state index in [1.807, 2.05) is 0 Å². The summed E-state index contributed by atoms with van der Waals surface area (Å²) >= 11 is -3.45. The molecule has 0 unspecified atom stereocenters. The fourth-order valence-electron chi connectivity index (χ4n) is 0.893. The second-order valence-electron chi connectivity index (χ2n) is 3.12. The van der Waals surface area contributed by atoms with Crippen molar-refractivity contribution >= 4 is 21.5 Å². The van der Waals surface area contributed by atoms with Gasteiger partial charge in [0.2, 0.25) is 0 Å². The van der Waals surface area contributed by atoms with Gasteiger partial charge in [0.15, 0.2) is 0 Å². The van der Waals surface area contributed by atoms with E-state index in [0.29, 0.717) is 0 Å². The third kappa shape index (κ3) is 11.3. The van der Waals surface area contributed by atoms with Gasteiger partial charge in [-0.2, -0.15) is 0 Å². The minimum atomic E-state index is -3.45. The molecule has 0 bridgehead atoms. The topological polar surface area (TPSA) is 174 Å². The second-order valence-corrected chi connectivity index (χ2v) is 4.66. The Morgan fingerprint density at radius 1 is 0.941 bits per heavy atom. The molecule has 0 heterocycles. The molecule has 106 valence electrons. The van der Waals surface area contributed by atoms with Crippen LogP contribution in [0.2, 0.25) is 0 Å². The van der Waals surface area contributed by atoms with Crippen LogP contribution in [0, 0.1) is 0 Å². The van der Waals surface area contributed by atoms with E-state index in [0.717, 1.165) is 0 Å². The summed E-state index contributed by atoms with van der Waals surface area (Å²) in [7, 11) is 1.57. The maximum absolute atomic E-state index is 9.21. The van der Waals surface area contributed by atoms with Gasteiger partial charge in [-0.25, -0.2) is 0 Å². The van der Waals surface area contributed by atoms with E-state index in [-0.39, 0.29) is 6.54 Å². The van der Waals surface area contributed by atoms with Crippen molar-refractivity contribution < 1.29 is 35.7 Å². The van der Waals surface area contributed by atoms with Crippen LogP contribution in [0.1, 0.15) is 0 Å². The van der Waals surface area contributed by atoms with E-state index < -0.39 is 52.5 Å². The molecule has 10 heteroatoms. The van der Waals surface area contributed by atoms with Crippen LogP contribution in [0.4, 0.5) is 0 Å². The first-order chi connectivity index (χ1) is 7.77. The zero-order valence-electron chi connectivity index (χ0n) is 9.25. The molecular weight excluding hydrogens is 348 g/mol. The van der Waals surface area contributed by atoms with Gasteiger partial charge in [0.25, 0.3) is 0 Å². The Bertz CT molecular complexity index is 171. The number of aliphatic hydroxyl groups is 5. The molecule has 0 saturated heterocycles. The van der Waals surface area contributed by atoms with Crippen LogP contribution in [-0.2, 0) is 0 Å². The summed E-state index contributed by atoms with van der Waals surface area (Å²) in [6, 6.07) is 0. The predicted molar refractivity (Wildman–Crippen MR) is 57.5 cm³/mol. The van der Waals surface area contributed by atoms with Crippen LogP contribution in [-0.4, -0.2) is 102 Å². The summed E-state index contributed by atoms with van der Waals surface area (Å²) in [6.45, 7) is -0.569. The van der Waals surface area contributed by atoms with Crippen LogP contribution < -0.4 is 5.32 Å². The van der Waals surface area contributed by atoms with Gasteiger partial charge in [0.05, 0.1) is 12.7 Å². The Morgan fingerprint density at radius 3 is 1.59 bits per heavy atom. The zero-order valence-corrected chi connectivity index (χ0v) is 11.8. The van der Waals surface area contributed by atoms with Crippen LogP contribution in [0.25, 0.3) is 0 Å². The molecule has 0 aromatic carbocycles. The molecule has 0 fully saturated rings. The van der Waals surface area contributed by atoms with Crippen molar-refractivity contribution in [1.82, 2.24) is 5.32 Å². The fourth-order valence-corrected chi connectivity index (χ4v) is 0.893. The molecule has 0 aliphatic rings. The number of hydrogen-bond acceptors (Lipinski definition) is 9. The Kier molecular flexibility index (Phi) is 13.4. The van der Waals surface area contributed by atoms with Gasteiger partial charge < -0.3 is 30.8 Å². The van der Waals surface area contributed by atoms with Gasteiger partial charge in [-0.05, 0) is 7.05 Å². The van der Waals surface area contributed by atoms with E-state index in [9.17, 15) is 5.11 Å². The number of hydrogen-bond donors (Lipinski definition) is 9. The zero-order chi connectivity index (χ0) is 14.0. The Hall–Kier alpha value is 0.458. The van der Waals surface area contributed by atoms with E-state index in [1.165, 1.54) is 0 Å². The minimum absolute atomic E-state index is 0.0936. The van der Waals surface area contributed by atoms with Crippen molar-refractivity contribution in [1.29, 1.82) is 0 Å². The van der Waals surface area contributed by atoms with Crippen LogP contribution in [0.15, 0.2) is 0 Å². The third-order valence-electron chi connectivity index (χ3n) is 1.74. The molecule has 0 spiro atoms. The molecule has 0 radical (unpaired) electrons. The monoisotopic (exact) mass is 367 g/mol. The molecule has 4 atom stereocenters. The standard InChI is InChI=1S/C7H17NO5.3H2O.Sb/c1-8-2-4(10)6(12)7(13)5(11)3-9;;;;/h4-13H,2-3H2,1H3;3*1H2;/q;;;;+3/p-3/t4-,5+,6+,7+;;;;/m0..../s1. The summed E-state index contributed by atoms with van der Waals surface area (Å²) in [5, 5.41) is 47.5. The average Bonchev–Trinajstić information content (AvgIpc) is 2.25. The van der Waals surface area contributed by atoms with Crippen LogP contribution in [0.3, 0.4) is 0 Å². The van der Waals surface area contributed by atoms with Crippen LogP contribution in [0.5, 0.6) is 0 Å². The van der Waals surface area contributed by atoms with E-state index in [1.54, 1.807) is 7.05 Å². The third-order valence-corrected chi connectivity index (χ3v) is 1.74. The summed E-state index contributed by atoms with van der Waals surface area (Å²) in [5.41, 5.74) is 0. The van der Waals surface area contributed by atoms with E-state index in [4.69, 9.17) is 30.6 Å². The van der Waals surface area contributed by atoms with Gasteiger partial charge in [-0.1, -0.05) is 0 Å². The molecule has 9 N–H and O–H groups in total. The van der Waals surface area contributed by atoms with Crippen molar-refractivity contribution in [3.8, 4) is 0 Å². The SMILES string of the molecule is CNC[C@H](O)[C@@H](O)[C@H](O)[C@H](O)CO.[OH][Sb]([OH])[OH]. The van der Waals surface area contributed by atoms with Crippen molar-refractivity contribution in [2.75, 3.05) is 20.2 Å². The Balaban J connectivity index is 0. The number of nitrogens with one attached hydrogen (secondary N) is 1. The Morgan fingerprint density at radius 2 is 1.29 bits per heavy atom. The van der Waals surface area contributed by atoms with Crippen molar-refractivity contribution in [2.24, 2.45) is 0 Å². The second kappa shape index (κ2) is 11.5. The van der Waals surface area contributed by atoms with Gasteiger partial charge in [0.1, 0.15) is 18.3 Å². The molecule has 0 rings (SSSR count). The predicted octanol–water partition coefficient (Wildman–Crippen LogP) is -5.41. The molecule has 0 amide bonds. The quantitative estimate of drug-likeness (QED) is 0.207. The first kappa shape index (κ1) is 19.8. The Labute approximate surface area is 107 Å². The van der Waals surface area contributed by atoms with Gasteiger partial charge in [-0.15, -0.1) is 0 Å². The van der Waals surface area contributed by atoms with E-state index >= 15 is 0 Å². The molecular formula is C7H20NO8Sb. The average molecular weight is 368 g/mol. The first-order valence-electron chi connectivity index (χ1n) is 4.62. The number of aliphatic hydroxyl groups excluding tert-OH is 5. The fraction of sp³-hybridized carbons (Fsp3) is 1.00. The summed E-state index contributed by atoms with van der Waals surface area (Å²) in [4.78, 5) is 0. The summed E-state index contributed by atoms with van der Waals surface area (Å²) in [5.74, 6) is 0. The normalized spacial score (nSPS) is 18.0. The number of likely N-dealkylation sites (N-methyl/N-ethyl adjacent to an activating group) is 1. The van der Waals surface area contributed by atoms with Crippen molar-refractivity contribution in [3.05, 3.63) is 0 Å². The van der Waals surface area contributed by atoms with Crippen molar-refractivity contribution in [3.63, 3.8) is 0 Å². The summed E-state index contributed by atoms with van der Waals surface area (Å²) < 4.78 is 22.0. The molecule has 0 aliphatic heterocycles. The summed E-state index contributed by atoms with van der Waals surface area (Å²) in [6.07, 6.45) is -5.65. The molecule has 17 heavy (non-hydrogen) atoms. The molecule has 0 saturated carbocycles. The van der Waals surface area contributed by atoms with Crippen LogP contribution >= 0.6 is 0 Å². The maximum atomic E-state index is 9.21.